The molecule has 0 aliphatic carbocycles. The molecule has 0 aliphatic rings. The Balaban J connectivity index is 2.31. The molecule has 106 valence electrons. The van der Waals surface area contributed by atoms with Crippen molar-refractivity contribution in [2.75, 3.05) is 23.7 Å². The van der Waals surface area contributed by atoms with E-state index in [4.69, 9.17) is 0 Å². The molecule has 4 nitrogen and oxygen atoms in total. The zero-order valence-corrected chi connectivity index (χ0v) is 13.6. The van der Waals surface area contributed by atoms with Crippen LogP contribution in [0.2, 0.25) is 0 Å². The molecule has 0 heterocycles. The van der Waals surface area contributed by atoms with E-state index in [-0.39, 0.29) is 4.90 Å². The summed E-state index contributed by atoms with van der Waals surface area (Å²) < 4.78 is 27.7. The van der Waals surface area contributed by atoms with Gasteiger partial charge in [-0.15, -0.1) is 0 Å². The van der Waals surface area contributed by atoms with Crippen LogP contribution in [0.15, 0.2) is 57.9 Å². The van der Waals surface area contributed by atoms with E-state index in [2.05, 4.69) is 20.7 Å². The summed E-state index contributed by atoms with van der Waals surface area (Å²) in [7, 11) is 0.290. The van der Waals surface area contributed by atoms with Crippen molar-refractivity contribution >= 4 is 37.3 Å². The van der Waals surface area contributed by atoms with Crippen molar-refractivity contribution < 1.29 is 8.42 Å². The molecule has 20 heavy (non-hydrogen) atoms. The molecule has 0 radical (unpaired) electrons. The lowest BCUT2D eigenvalue weighted by molar-refractivity contribution is 0.601. The second-order valence-corrected chi connectivity index (χ2v) is 7.01. The van der Waals surface area contributed by atoms with Crippen LogP contribution < -0.4 is 9.62 Å². The Morgan fingerprint density at radius 1 is 1.05 bits per heavy atom. The first kappa shape index (κ1) is 14.9. The van der Waals surface area contributed by atoms with E-state index < -0.39 is 10.0 Å². The first-order valence-corrected chi connectivity index (χ1v) is 8.22. The van der Waals surface area contributed by atoms with Crippen molar-refractivity contribution in [2.45, 2.75) is 4.90 Å². The Labute approximate surface area is 127 Å². The molecule has 0 bridgehead atoms. The predicted molar refractivity (Wildman–Crippen MR) is 85.7 cm³/mol. The second kappa shape index (κ2) is 5.85. The lowest BCUT2D eigenvalue weighted by Gasteiger charge is -2.15. The standard InChI is InChI=1S/C14H15BrN2O2S/c1-17(2)11-8-9-14(13(15)10-11)16-20(18,19)12-6-4-3-5-7-12/h3-10,16H,1-2H3. The molecule has 0 amide bonds. The fourth-order valence-corrected chi connectivity index (χ4v) is 3.37. The summed E-state index contributed by atoms with van der Waals surface area (Å²) in [6.07, 6.45) is 0. The number of hydrogen-bond acceptors (Lipinski definition) is 3. The van der Waals surface area contributed by atoms with Crippen LogP contribution in [0.3, 0.4) is 0 Å². The van der Waals surface area contributed by atoms with Gasteiger partial charge in [0, 0.05) is 24.3 Å². The molecule has 6 heteroatoms. The third kappa shape index (κ3) is 3.32. The summed E-state index contributed by atoms with van der Waals surface area (Å²) in [4.78, 5) is 2.18. The smallest absolute Gasteiger partial charge is 0.261 e. The minimum Gasteiger partial charge on any atom is -0.378 e. The van der Waals surface area contributed by atoms with Gasteiger partial charge in [0.05, 0.1) is 10.6 Å². The highest BCUT2D eigenvalue weighted by Crippen LogP contribution is 2.29. The maximum atomic E-state index is 12.2. The summed E-state index contributed by atoms with van der Waals surface area (Å²) in [5, 5.41) is 0. The van der Waals surface area contributed by atoms with Gasteiger partial charge in [0.1, 0.15) is 0 Å². The topological polar surface area (TPSA) is 49.4 Å². The largest absolute Gasteiger partial charge is 0.378 e. The molecule has 0 spiro atoms. The van der Waals surface area contributed by atoms with Crippen LogP contribution in [0.1, 0.15) is 0 Å². The minimum absolute atomic E-state index is 0.239. The molecule has 2 aromatic rings. The highest BCUT2D eigenvalue weighted by molar-refractivity contribution is 9.10. The number of benzene rings is 2. The molecule has 0 saturated carbocycles. The molecule has 0 saturated heterocycles. The van der Waals surface area contributed by atoms with Gasteiger partial charge in [-0.05, 0) is 46.3 Å². The molecule has 2 rings (SSSR count). The zero-order valence-electron chi connectivity index (χ0n) is 11.2. The highest BCUT2D eigenvalue weighted by Gasteiger charge is 2.15. The summed E-state index contributed by atoms with van der Waals surface area (Å²) in [6, 6.07) is 13.7. The third-order valence-electron chi connectivity index (χ3n) is 2.77. The van der Waals surface area contributed by atoms with Crippen LogP contribution in [0.25, 0.3) is 0 Å². The summed E-state index contributed by atoms with van der Waals surface area (Å²) in [5.74, 6) is 0. The maximum absolute atomic E-state index is 12.2. The van der Waals surface area contributed by atoms with E-state index in [0.717, 1.165) is 5.69 Å². The molecule has 0 unspecified atom stereocenters. The van der Waals surface area contributed by atoms with Crippen LogP contribution in [0.5, 0.6) is 0 Å². The minimum atomic E-state index is -3.56. The number of sulfonamides is 1. The Hall–Kier alpha value is -1.53. The van der Waals surface area contributed by atoms with Crippen molar-refractivity contribution in [1.29, 1.82) is 0 Å². The van der Waals surface area contributed by atoms with Crippen molar-refractivity contribution in [3.63, 3.8) is 0 Å². The maximum Gasteiger partial charge on any atom is 0.261 e. The fourth-order valence-electron chi connectivity index (χ4n) is 1.67. The van der Waals surface area contributed by atoms with Gasteiger partial charge in [-0.3, -0.25) is 4.72 Å². The van der Waals surface area contributed by atoms with Crippen LogP contribution in [-0.2, 0) is 10.0 Å². The first-order chi connectivity index (χ1) is 9.40. The number of hydrogen-bond donors (Lipinski definition) is 1. The summed E-state index contributed by atoms with van der Waals surface area (Å²) >= 11 is 3.39. The van der Waals surface area contributed by atoms with E-state index in [0.29, 0.717) is 10.2 Å². The monoisotopic (exact) mass is 354 g/mol. The Bertz CT molecular complexity index is 700. The van der Waals surface area contributed by atoms with E-state index in [1.807, 2.05) is 31.1 Å². The molecular formula is C14H15BrN2O2S. The highest BCUT2D eigenvalue weighted by atomic mass is 79.9. The van der Waals surface area contributed by atoms with Crippen molar-refractivity contribution in [2.24, 2.45) is 0 Å². The average Bonchev–Trinajstić information content (AvgIpc) is 2.41. The van der Waals surface area contributed by atoms with Crippen molar-refractivity contribution in [1.82, 2.24) is 0 Å². The Morgan fingerprint density at radius 2 is 1.70 bits per heavy atom. The van der Waals surface area contributed by atoms with Crippen molar-refractivity contribution in [3.8, 4) is 0 Å². The van der Waals surface area contributed by atoms with Crippen LogP contribution >= 0.6 is 15.9 Å². The van der Waals surface area contributed by atoms with Crippen LogP contribution in [0.4, 0.5) is 11.4 Å². The number of nitrogens with one attached hydrogen (secondary N) is 1. The molecule has 0 aliphatic heterocycles. The fraction of sp³-hybridized carbons (Fsp3) is 0.143. The average molecular weight is 355 g/mol. The van der Waals surface area contributed by atoms with E-state index in [1.165, 1.54) is 0 Å². The SMILES string of the molecule is CN(C)c1ccc(NS(=O)(=O)c2ccccc2)c(Br)c1. The normalized spacial score (nSPS) is 11.2. The van der Waals surface area contributed by atoms with E-state index in [1.54, 1.807) is 36.4 Å². The summed E-state index contributed by atoms with van der Waals surface area (Å²) in [6.45, 7) is 0. The molecule has 0 aromatic heterocycles. The van der Waals surface area contributed by atoms with Gasteiger partial charge in [0.2, 0.25) is 0 Å². The first-order valence-electron chi connectivity index (χ1n) is 5.95. The van der Waals surface area contributed by atoms with Gasteiger partial charge in [-0.1, -0.05) is 18.2 Å². The molecule has 0 atom stereocenters. The zero-order chi connectivity index (χ0) is 14.8. The molecular weight excluding hydrogens is 340 g/mol. The molecule has 1 N–H and O–H groups in total. The van der Waals surface area contributed by atoms with Gasteiger partial charge < -0.3 is 4.90 Å². The van der Waals surface area contributed by atoms with E-state index >= 15 is 0 Å². The third-order valence-corrected chi connectivity index (χ3v) is 4.80. The lowest BCUT2D eigenvalue weighted by Crippen LogP contribution is -2.14. The predicted octanol–water partition coefficient (Wildman–Crippen LogP) is 3.32. The Morgan fingerprint density at radius 3 is 2.25 bits per heavy atom. The van der Waals surface area contributed by atoms with Crippen molar-refractivity contribution in [3.05, 3.63) is 53.0 Å². The van der Waals surface area contributed by atoms with Gasteiger partial charge in [0.25, 0.3) is 10.0 Å². The number of nitrogens with zero attached hydrogens (tertiary/aromatic N) is 1. The molecule has 0 fully saturated rings. The van der Waals surface area contributed by atoms with Crippen LogP contribution in [-0.4, -0.2) is 22.5 Å². The van der Waals surface area contributed by atoms with Gasteiger partial charge in [-0.2, -0.15) is 0 Å². The summed E-state index contributed by atoms with van der Waals surface area (Å²) in [5.41, 5.74) is 1.50. The molecule has 2 aromatic carbocycles. The van der Waals surface area contributed by atoms with Gasteiger partial charge in [-0.25, -0.2) is 8.42 Å². The number of anilines is 2. The van der Waals surface area contributed by atoms with Gasteiger partial charge in [0.15, 0.2) is 0 Å². The lowest BCUT2D eigenvalue weighted by atomic mass is 10.3. The Kier molecular flexibility index (Phi) is 4.35. The van der Waals surface area contributed by atoms with Crippen LogP contribution in [0, 0.1) is 0 Å². The van der Waals surface area contributed by atoms with Gasteiger partial charge >= 0.3 is 0 Å². The number of rotatable bonds is 4. The second-order valence-electron chi connectivity index (χ2n) is 4.48. The quantitative estimate of drug-likeness (QED) is 0.916. The van der Waals surface area contributed by atoms with E-state index in [9.17, 15) is 8.42 Å². The number of halogens is 1.